The molecule has 1 aliphatic heterocycles. The van der Waals surface area contributed by atoms with Crippen molar-refractivity contribution in [3.8, 4) is 0 Å². The van der Waals surface area contributed by atoms with Crippen LogP contribution in [0.5, 0.6) is 0 Å². The zero-order valence-electron chi connectivity index (χ0n) is 10.3. The van der Waals surface area contributed by atoms with Gasteiger partial charge in [0.15, 0.2) is 0 Å². The van der Waals surface area contributed by atoms with Gasteiger partial charge in [-0.25, -0.2) is 4.79 Å². The topological polar surface area (TPSA) is 52.6 Å². The molecule has 0 aromatic rings. The minimum atomic E-state index is -0.847. The van der Waals surface area contributed by atoms with E-state index >= 15 is 0 Å². The van der Waals surface area contributed by atoms with Crippen molar-refractivity contribution in [1.29, 1.82) is 0 Å². The first-order valence-electron chi connectivity index (χ1n) is 5.23. The number of rotatable bonds is 3. The van der Waals surface area contributed by atoms with Crippen molar-refractivity contribution < 1.29 is 19.1 Å². The van der Waals surface area contributed by atoms with Gasteiger partial charge in [-0.15, -0.1) is 0 Å². The van der Waals surface area contributed by atoms with Crippen LogP contribution in [0.2, 0.25) is 0 Å². The van der Waals surface area contributed by atoms with Crippen LogP contribution < -0.4 is 0 Å². The molecule has 18 heavy (non-hydrogen) atoms. The van der Waals surface area contributed by atoms with Crippen molar-refractivity contribution in [3.05, 3.63) is 21.6 Å². The maximum Gasteiger partial charge on any atom is 0.330 e. The maximum atomic E-state index is 11.9. The Morgan fingerprint density at radius 3 is 2.56 bits per heavy atom. The third-order valence-corrected chi connectivity index (χ3v) is 3.76. The number of methoxy groups -OCH3 is 1. The number of halogens is 2. The molecule has 1 rings (SSSR count). The van der Waals surface area contributed by atoms with Crippen LogP contribution in [0, 0.1) is 10.8 Å². The Balaban J connectivity index is 3.13. The third kappa shape index (κ3) is 2.85. The van der Waals surface area contributed by atoms with Crippen LogP contribution in [0.15, 0.2) is 21.6 Å². The fourth-order valence-electron chi connectivity index (χ4n) is 1.73. The maximum absolute atomic E-state index is 11.9. The van der Waals surface area contributed by atoms with Gasteiger partial charge in [0.25, 0.3) is 0 Å². The second-order valence-electron chi connectivity index (χ2n) is 4.49. The molecule has 0 saturated carbocycles. The van der Waals surface area contributed by atoms with Crippen LogP contribution in [0.25, 0.3) is 0 Å². The van der Waals surface area contributed by atoms with E-state index in [1.54, 1.807) is 19.1 Å². The molecule has 1 fully saturated rings. The van der Waals surface area contributed by atoms with Gasteiger partial charge >= 0.3 is 11.9 Å². The lowest BCUT2D eigenvalue weighted by atomic mass is 9.67. The molecule has 0 aliphatic carbocycles. The predicted molar refractivity (Wildman–Crippen MR) is 74.3 cm³/mol. The standard InChI is InChI=1S/C12H14Br2O4/c1-11(5-4-9(15)17-3)7-18-10(16)12(11,2)6-8(13)14/h4-6H,7H2,1-3H3/b5-4-/t11-,12+/m1/s1. The van der Waals surface area contributed by atoms with E-state index in [-0.39, 0.29) is 12.6 Å². The lowest BCUT2D eigenvalue weighted by Gasteiger charge is -2.31. The average molecular weight is 382 g/mol. The first-order chi connectivity index (χ1) is 8.25. The summed E-state index contributed by atoms with van der Waals surface area (Å²) in [6, 6.07) is 0. The summed E-state index contributed by atoms with van der Waals surface area (Å²) >= 11 is 6.49. The van der Waals surface area contributed by atoms with Gasteiger partial charge in [-0.05, 0) is 44.9 Å². The summed E-state index contributed by atoms with van der Waals surface area (Å²) in [4.78, 5) is 23.1. The van der Waals surface area contributed by atoms with E-state index in [2.05, 4.69) is 36.6 Å². The molecule has 100 valence electrons. The Bertz CT molecular complexity index is 426. The molecule has 2 atom stereocenters. The molecule has 0 unspecified atom stereocenters. The molecular weight excluding hydrogens is 368 g/mol. The van der Waals surface area contributed by atoms with Gasteiger partial charge in [0.05, 0.1) is 15.9 Å². The van der Waals surface area contributed by atoms with Crippen LogP contribution in [0.4, 0.5) is 0 Å². The van der Waals surface area contributed by atoms with Crippen molar-refractivity contribution in [3.63, 3.8) is 0 Å². The lowest BCUT2D eigenvalue weighted by Crippen LogP contribution is -2.35. The van der Waals surface area contributed by atoms with E-state index in [4.69, 9.17) is 4.74 Å². The summed E-state index contributed by atoms with van der Waals surface area (Å²) in [5.74, 6) is -0.782. The number of ether oxygens (including phenoxy) is 2. The molecule has 0 radical (unpaired) electrons. The summed E-state index contributed by atoms with van der Waals surface area (Å²) in [5.41, 5.74) is -1.45. The highest BCUT2D eigenvalue weighted by Crippen LogP contribution is 2.49. The van der Waals surface area contributed by atoms with Gasteiger partial charge in [0, 0.05) is 11.5 Å². The van der Waals surface area contributed by atoms with Crippen LogP contribution in [-0.2, 0) is 19.1 Å². The van der Waals surface area contributed by atoms with Gasteiger partial charge in [-0.2, -0.15) is 0 Å². The van der Waals surface area contributed by atoms with Gasteiger partial charge in [-0.1, -0.05) is 13.0 Å². The second kappa shape index (κ2) is 5.57. The first-order valence-corrected chi connectivity index (χ1v) is 6.82. The van der Waals surface area contributed by atoms with Crippen LogP contribution in [0.1, 0.15) is 13.8 Å². The second-order valence-corrected chi connectivity index (χ2v) is 7.26. The lowest BCUT2D eigenvalue weighted by molar-refractivity contribution is -0.144. The largest absolute Gasteiger partial charge is 0.466 e. The van der Waals surface area contributed by atoms with E-state index in [1.807, 2.05) is 6.92 Å². The summed E-state index contributed by atoms with van der Waals surface area (Å²) < 4.78 is 10.3. The molecule has 6 heteroatoms. The number of hydrogen-bond acceptors (Lipinski definition) is 4. The molecule has 1 heterocycles. The van der Waals surface area contributed by atoms with E-state index in [9.17, 15) is 9.59 Å². The average Bonchev–Trinajstić information content (AvgIpc) is 2.50. The van der Waals surface area contributed by atoms with Gasteiger partial charge < -0.3 is 9.47 Å². The molecule has 0 N–H and O–H groups in total. The first kappa shape index (κ1) is 15.4. The molecule has 1 saturated heterocycles. The molecular formula is C12H14Br2O4. The molecule has 0 bridgehead atoms. The van der Waals surface area contributed by atoms with Gasteiger partial charge in [-0.3, -0.25) is 4.79 Å². The van der Waals surface area contributed by atoms with Crippen LogP contribution in [0.3, 0.4) is 0 Å². The zero-order chi connectivity index (χ0) is 14.0. The fourth-order valence-corrected chi connectivity index (χ4v) is 2.65. The Morgan fingerprint density at radius 1 is 1.44 bits per heavy atom. The van der Waals surface area contributed by atoms with Crippen LogP contribution in [-0.4, -0.2) is 25.7 Å². The fraction of sp³-hybridized carbons (Fsp3) is 0.500. The van der Waals surface area contributed by atoms with Gasteiger partial charge in [0.2, 0.25) is 0 Å². The Hall–Kier alpha value is -0.620. The monoisotopic (exact) mass is 380 g/mol. The smallest absolute Gasteiger partial charge is 0.330 e. The number of esters is 2. The van der Waals surface area contributed by atoms with E-state index in [1.165, 1.54) is 13.2 Å². The number of hydrogen-bond donors (Lipinski definition) is 0. The number of cyclic esters (lactones) is 1. The summed E-state index contributed by atoms with van der Waals surface area (Å²) in [6.45, 7) is 3.85. The Labute approximate surface area is 123 Å². The minimum Gasteiger partial charge on any atom is -0.466 e. The van der Waals surface area contributed by atoms with E-state index < -0.39 is 16.8 Å². The van der Waals surface area contributed by atoms with Crippen LogP contribution >= 0.6 is 31.9 Å². The number of carbonyl (C=O) groups is 2. The highest BCUT2D eigenvalue weighted by molar-refractivity contribution is 9.28. The summed E-state index contributed by atoms with van der Waals surface area (Å²) in [6.07, 6.45) is 4.70. The molecule has 1 aliphatic rings. The SMILES string of the molecule is COC(=O)/C=C\[C@]1(C)COC(=O)[C@]1(C)C=C(Br)Br. The normalized spacial score (nSPS) is 31.3. The molecule has 0 amide bonds. The van der Waals surface area contributed by atoms with E-state index in [0.29, 0.717) is 3.39 Å². The summed E-state index contributed by atoms with van der Waals surface area (Å²) in [5, 5.41) is 0. The molecule has 0 aromatic heterocycles. The highest BCUT2D eigenvalue weighted by atomic mass is 79.9. The van der Waals surface area contributed by atoms with E-state index in [0.717, 1.165) is 0 Å². The summed E-state index contributed by atoms with van der Waals surface area (Å²) in [7, 11) is 1.31. The molecule has 0 aromatic carbocycles. The van der Waals surface area contributed by atoms with Gasteiger partial charge in [0.1, 0.15) is 6.61 Å². The quantitative estimate of drug-likeness (QED) is 0.557. The highest BCUT2D eigenvalue weighted by Gasteiger charge is 2.54. The van der Waals surface area contributed by atoms with Crippen molar-refractivity contribution in [2.45, 2.75) is 13.8 Å². The van der Waals surface area contributed by atoms with Crippen molar-refractivity contribution in [2.24, 2.45) is 10.8 Å². The Morgan fingerprint density at radius 2 is 2.06 bits per heavy atom. The molecule has 4 nitrogen and oxygen atoms in total. The third-order valence-electron chi connectivity index (χ3n) is 3.30. The Kier molecular flexibility index (Phi) is 4.78. The minimum absolute atomic E-state index is 0.222. The van der Waals surface area contributed by atoms with Crippen molar-refractivity contribution >= 4 is 43.8 Å². The number of carbonyl (C=O) groups excluding carboxylic acids is 2. The molecule has 0 spiro atoms. The predicted octanol–water partition coefficient (Wildman–Crippen LogP) is 2.92. The zero-order valence-corrected chi connectivity index (χ0v) is 13.5. The van der Waals surface area contributed by atoms with Crippen molar-refractivity contribution in [2.75, 3.05) is 13.7 Å². The van der Waals surface area contributed by atoms with Crippen molar-refractivity contribution in [1.82, 2.24) is 0 Å².